The molecule has 2 heteroatoms. The van der Waals surface area contributed by atoms with E-state index in [9.17, 15) is 0 Å². The van der Waals surface area contributed by atoms with E-state index < -0.39 is 5.41 Å². The summed E-state index contributed by atoms with van der Waals surface area (Å²) in [6.45, 7) is 0. The van der Waals surface area contributed by atoms with Crippen molar-refractivity contribution in [3.63, 3.8) is 0 Å². The van der Waals surface area contributed by atoms with Crippen LogP contribution >= 0.6 is 0 Å². The van der Waals surface area contributed by atoms with E-state index in [2.05, 4.69) is 236 Å². The topological polar surface area (TPSA) is 24.9 Å². The number of fused-ring (bicyclic) bond motifs is 15. The van der Waals surface area contributed by atoms with Crippen LogP contribution in [0.3, 0.4) is 0 Å². The summed E-state index contributed by atoms with van der Waals surface area (Å²) in [5.41, 5.74) is 21.6. The molecular weight excluding hydrogens is 785 g/mol. The molecule has 0 radical (unpaired) electrons. The first-order chi connectivity index (χ1) is 32.2. The normalized spacial score (nSPS) is 14.8. The quantitative estimate of drug-likeness (QED) is 0.191. The molecule has 1 N–H and O–H groups in total. The van der Waals surface area contributed by atoms with Crippen molar-refractivity contribution in [1.82, 2.24) is 4.98 Å². The Balaban J connectivity index is 0.981. The number of aromatic nitrogens is 1. The number of nitrogens with zero attached hydrogens (tertiary/aromatic N) is 1. The monoisotopic (exact) mass is 824 g/mol. The minimum atomic E-state index is -0.506. The summed E-state index contributed by atoms with van der Waals surface area (Å²) in [7, 11) is 0. The predicted molar refractivity (Wildman–Crippen MR) is 271 cm³/mol. The molecule has 3 aliphatic rings. The van der Waals surface area contributed by atoms with Crippen LogP contribution in [-0.4, -0.2) is 4.98 Å². The summed E-state index contributed by atoms with van der Waals surface area (Å²) in [4.78, 5) is 5.46. The van der Waals surface area contributed by atoms with Gasteiger partial charge in [-0.3, -0.25) is 0 Å². The van der Waals surface area contributed by atoms with Crippen LogP contribution in [0.4, 0.5) is 5.69 Å². The van der Waals surface area contributed by atoms with Crippen LogP contribution in [0.5, 0.6) is 0 Å². The van der Waals surface area contributed by atoms with Crippen LogP contribution in [-0.2, 0) is 5.41 Å². The van der Waals surface area contributed by atoms with Crippen LogP contribution < -0.4 is 5.32 Å². The number of rotatable bonds is 4. The lowest BCUT2D eigenvalue weighted by atomic mass is 9.69. The Hall–Kier alpha value is -8.33. The van der Waals surface area contributed by atoms with Crippen LogP contribution in [0.2, 0.25) is 0 Å². The smallest absolute Gasteiger partial charge is 0.0947 e. The van der Waals surface area contributed by atoms with Crippen LogP contribution in [0.1, 0.15) is 39.4 Å². The molecule has 302 valence electrons. The van der Waals surface area contributed by atoms with Gasteiger partial charge in [-0.25, -0.2) is 4.98 Å². The summed E-state index contributed by atoms with van der Waals surface area (Å²) >= 11 is 0. The van der Waals surface area contributed by atoms with E-state index in [0.29, 0.717) is 0 Å². The zero-order chi connectivity index (χ0) is 42.6. The minimum absolute atomic E-state index is 0.0781. The number of benzene rings is 10. The van der Waals surface area contributed by atoms with Crippen molar-refractivity contribution in [2.24, 2.45) is 0 Å². The largest absolute Gasteiger partial charge is 0.372 e. The van der Waals surface area contributed by atoms with Gasteiger partial charge in [0.1, 0.15) is 0 Å². The number of anilines is 1. The zero-order valence-corrected chi connectivity index (χ0v) is 35.5. The molecule has 0 saturated carbocycles. The second kappa shape index (κ2) is 13.8. The third-order valence-electron chi connectivity index (χ3n) is 14.5. The molecule has 1 spiro atoms. The molecule has 1 unspecified atom stereocenters. The summed E-state index contributed by atoms with van der Waals surface area (Å²) in [6.07, 6.45) is 4.47. The average Bonchev–Trinajstić information content (AvgIpc) is 3.84. The number of nitrogens with one attached hydrogen (secondary N) is 1. The summed E-state index contributed by atoms with van der Waals surface area (Å²) in [5, 5.41) is 9.88. The van der Waals surface area contributed by atoms with Crippen molar-refractivity contribution in [2.45, 2.75) is 11.5 Å². The molecule has 0 amide bonds. The van der Waals surface area contributed by atoms with Gasteiger partial charge in [-0.05, 0) is 118 Å². The van der Waals surface area contributed by atoms with E-state index in [0.717, 1.165) is 33.4 Å². The van der Waals surface area contributed by atoms with Gasteiger partial charge >= 0.3 is 0 Å². The van der Waals surface area contributed by atoms with Gasteiger partial charge in [0.2, 0.25) is 0 Å². The first kappa shape index (κ1) is 36.2. The number of pyridine rings is 1. The van der Waals surface area contributed by atoms with Crippen molar-refractivity contribution in [3.05, 3.63) is 258 Å². The van der Waals surface area contributed by atoms with E-state index in [-0.39, 0.29) is 6.04 Å². The standard InChI is InChI=1S/C63H40N2/c1-3-15-39(16-4-1)57-35-30-41-27-28-42-31-36-58(65-62(42)61(41)64-57)51-34-33-45(47-21-9-10-22-48(47)51)44-29-32-52-55(37-44)63(53-25-13-11-23-49(53)50-24-12-14-26-54(50)63)56-38-43-19-7-8-20-46(43)59(60(52)56)40-17-5-2-6-18-40/h1-38,57,64H. The van der Waals surface area contributed by atoms with Crippen LogP contribution in [0.25, 0.3) is 94.3 Å². The Morgan fingerprint density at radius 1 is 0.400 bits per heavy atom. The zero-order valence-electron chi connectivity index (χ0n) is 35.5. The molecule has 11 aromatic rings. The molecule has 0 saturated heterocycles. The van der Waals surface area contributed by atoms with E-state index in [1.165, 1.54) is 93.9 Å². The van der Waals surface area contributed by atoms with Gasteiger partial charge in [0, 0.05) is 10.9 Å². The minimum Gasteiger partial charge on any atom is -0.372 e. The molecule has 2 heterocycles. The van der Waals surface area contributed by atoms with Gasteiger partial charge in [0.05, 0.1) is 28.4 Å². The maximum Gasteiger partial charge on any atom is 0.0947 e. The SMILES string of the molecule is C1=CC(c2ccccc2)Nc2c1ccc1ccc(-c3ccc(-c4ccc5c(c4)C4(c6ccccc6-c6ccccc64)c4cc6ccccc6c(-c6ccccc6)c4-5)c4ccccc34)nc21. The molecule has 14 rings (SSSR count). The van der Waals surface area contributed by atoms with Gasteiger partial charge in [-0.2, -0.15) is 0 Å². The molecule has 1 aromatic heterocycles. The Morgan fingerprint density at radius 3 is 1.82 bits per heavy atom. The van der Waals surface area contributed by atoms with E-state index >= 15 is 0 Å². The maximum absolute atomic E-state index is 5.46. The Kier molecular flexibility index (Phi) is 7.70. The summed E-state index contributed by atoms with van der Waals surface area (Å²) in [6, 6.07) is 81.0. The first-order valence-electron chi connectivity index (χ1n) is 22.7. The molecule has 2 aliphatic carbocycles. The highest BCUT2D eigenvalue weighted by Crippen LogP contribution is 2.65. The second-order valence-corrected chi connectivity index (χ2v) is 17.8. The highest BCUT2D eigenvalue weighted by atomic mass is 14.9. The van der Waals surface area contributed by atoms with Gasteiger partial charge in [-0.1, -0.05) is 212 Å². The average molecular weight is 825 g/mol. The van der Waals surface area contributed by atoms with Gasteiger partial charge in [0.15, 0.2) is 0 Å². The fraction of sp³-hybridized carbons (Fsp3) is 0.0317. The van der Waals surface area contributed by atoms with Crippen LogP contribution in [0, 0.1) is 0 Å². The van der Waals surface area contributed by atoms with Crippen LogP contribution in [0.15, 0.2) is 224 Å². The fourth-order valence-corrected chi connectivity index (χ4v) is 11.7. The molecule has 2 nitrogen and oxygen atoms in total. The van der Waals surface area contributed by atoms with Gasteiger partial charge in [0.25, 0.3) is 0 Å². The van der Waals surface area contributed by atoms with Gasteiger partial charge < -0.3 is 5.32 Å². The van der Waals surface area contributed by atoms with Crippen molar-refractivity contribution < 1.29 is 0 Å². The maximum atomic E-state index is 5.46. The third-order valence-corrected chi connectivity index (χ3v) is 14.5. The third kappa shape index (κ3) is 5.14. The molecular formula is C63H40N2. The molecule has 0 fully saturated rings. The first-order valence-corrected chi connectivity index (χ1v) is 22.7. The lowest BCUT2D eigenvalue weighted by Crippen LogP contribution is -2.26. The Morgan fingerprint density at radius 2 is 1.03 bits per heavy atom. The van der Waals surface area contributed by atoms with Gasteiger partial charge in [-0.15, -0.1) is 0 Å². The van der Waals surface area contributed by atoms with Crippen molar-refractivity contribution in [1.29, 1.82) is 0 Å². The van der Waals surface area contributed by atoms with E-state index in [4.69, 9.17) is 4.98 Å². The Labute approximate surface area is 377 Å². The fourth-order valence-electron chi connectivity index (χ4n) is 11.7. The molecule has 1 atom stereocenters. The second-order valence-electron chi connectivity index (χ2n) is 17.8. The molecule has 10 aromatic carbocycles. The molecule has 1 aliphatic heterocycles. The van der Waals surface area contributed by atoms with Crippen molar-refractivity contribution >= 4 is 44.2 Å². The van der Waals surface area contributed by atoms with E-state index in [1.807, 2.05) is 0 Å². The lowest BCUT2D eigenvalue weighted by Gasteiger charge is -2.31. The molecule has 0 bridgehead atoms. The summed E-state index contributed by atoms with van der Waals surface area (Å²) < 4.78 is 0. The van der Waals surface area contributed by atoms with Crippen molar-refractivity contribution in [3.8, 4) is 55.8 Å². The molecule has 65 heavy (non-hydrogen) atoms. The predicted octanol–water partition coefficient (Wildman–Crippen LogP) is 16.1. The number of hydrogen-bond donors (Lipinski definition) is 1. The number of hydrogen-bond acceptors (Lipinski definition) is 2. The van der Waals surface area contributed by atoms with Crippen molar-refractivity contribution in [2.75, 3.05) is 5.32 Å². The summed E-state index contributed by atoms with van der Waals surface area (Å²) in [5.74, 6) is 0. The lowest BCUT2D eigenvalue weighted by molar-refractivity contribution is 0.795. The van der Waals surface area contributed by atoms with E-state index in [1.54, 1.807) is 0 Å². The Bertz CT molecular complexity index is 3760. The highest BCUT2D eigenvalue weighted by molar-refractivity contribution is 6.12. The highest BCUT2D eigenvalue weighted by Gasteiger charge is 2.52.